The lowest BCUT2D eigenvalue weighted by Crippen LogP contribution is -2.09. The van der Waals surface area contributed by atoms with Gasteiger partial charge in [0.1, 0.15) is 5.82 Å². The molecule has 1 aromatic heterocycles. The molecule has 0 aliphatic carbocycles. The molecule has 1 aromatic carbocycles. The van der Waals surface area contributed by atoms with Crippen LogP contribution in [0.3, 0.4) is 0 Å². The Hall–Kier alpha value is -2.38. The third kappa shape index (κ3) is 2.90. The summed E-state index contributed by atoms with van der Waals surface area (Å²) in [7, 11) is 0. The lowest BCUT2D eigenvalue weighted by Gasteiger charge is -2.11. The Balaban J connectivity index is 2.35. The van der Waals surface area contributed by atoms with Crippen molar-refractivity contribution in [3.05, 3.63) is 42.0 Å². The Kier molecular flexibility index (Phi) is 3.24. The molecule has 8 heteroatoms. The predicted octanol–water partition coefficient (Wildman–Crippen LogP) is 2.96. The standard InChI is InChI=1S/C11H8F4N4/c12-8-2-1-6(5-7(8)11(13,14)15)19-10-9(16)17-3-4-18-10/h1-5H,(H2,16,17)(H,18,19). The number of hydrogen-bond donors (Lipinski definition) is 2. The molecule has 100 valence electrons. The van der Waals surface area contributed by atoms with Crippen LogP contribution in [0.15, 0.2) is 30.6 Å². The van der Waals surface area contributed by atoms with Gasteiger partial charge in [-0.05, 0) is 18.2 Å². The van der Waals surface area contributed by atoms with E-state index in [0.717, 1.165) is 12.1 Å². The number of anilines is 3. The SMILES string of the molecule is Nc1nccnc1Nc1ccc(F)c(C(F)(F)F)c1. The Bertz CT molecular complexity index is 597. The van der Waals surface area contributed by atoms with Crippen molar-refractivity contribution in [1.29, 1.82) is 0 Å². The molecule has 3 N–H and O–H groups in total. The average molecular weight is 272 g/mol. The summed E-state index contributed by atoms with van der Waals surface area (Å²) in [6.45, 7) is 0. The highest BCUT2D eigenvalue weighted by Gasteiger charge is 2.34. The van der Waals surface area contributed by atoms with Crippen molar-refractivity contribution in [2.45, 2.75) is 6.18 Å². The number of rotatable bonds is 2. The molecule has 4 nitrogen and oxygen atoms in total. The van der Waals surface area contributed by atoms with Gasteiger partial charge in [-0.1, -0.05) is 0 Å². The van der Waals surface area contributed by atoms with Crippen LogP contribution in [0, 0.1) is 5.82 Å². The number of nitrogens with two attached hydrogens (primary N) is 1. The van der Waals surface area contributed by atoms with Gasteiger partial charge in [-0.3, -0.25) is 0 Å². The van der Waals surface area contributed by atoms with Crippen LogP contribution in [0.2, 0.25) is 0 Å². The monoisotopic (exact) mass is 272 g/mol. The van der Waals surface area contributed by atoms with Crippen LogP contribution in [-0.2, 0) is 6.18 Å². The maximum absolute atomic E-state index is 13.1. The molecule has 0 aliphatic rings. The largest absolute Gasteiger partial charge is 0.419 e. The number of hydrogen-bond acceptors (Lipinski definition) is 4. The van der Waals surface area contributed by atoms with Gasteiger partial charge in [0, 0.05) is 18.1 Å². The van der Waals surface area contributed by atoms with Crippen molar-refractivity contribution in [1.82, 2.24) is 9.97 Å². The minimum Gasteiger partial charge on any atom is -0.381 e. The normalized spacial score (nSPS) is 11.4. The topological polar surface area (TPSA) is 63.8 Å². The second kappa shape index (κ2) is 4.71. The number of aromatic nitrogens is 2. The fourth-order valence-corrected chi connectivity index (χ4v) is 1.40. The molecule has 0 unspecified atom stereocenters. The van der Waals surface area contributed by atoms with E-state index in [4.69, 9.17) is 5.73 Å². The molecule has 2 aromatic rings. The summed E-state index contributed by atoms with van der Waals surface area (Å²) in [6, 6.07) is 2.51. The molecular weight excluding hydrogens is 264 g/mol. The van der Waals surface area contributed by atoms with Crippen molar-refractivity contribution >= 4 is 17.3 Å². The van der Waals surface area contributed by atoms with E-state index in [2.05, 4.69) is 15.3 Å². The van der Waals surface area contributed by atoms with Crippen LogP contribution in [0.5, 0.6) is 0 Å². The Labute approximate surface area is 105 Å². The van der Waals surface area contributed by atoms with E-state index < -0.39 is 17.6 Å². The highest BCUT2D eigenvalue weighted by molar-refractivity contribution is 5.65. The van der Waals surface area contributed by atoms with Gasteiger partial charge in [0.15, 0.2) is 11.6 Å². The first kappa shape index (κ1) is 13.1. The zero-order valence-corrected chi connectivity index (χ0v) is 9.37. The van der Waals surface area contributed by atoms with Crippen molar-refractivity contribution < 1.29 is 17.6 Å². The summed E-state index contributed by atoms with van der Waals surface area (Å²) in [5.74, 6) is -1.22. The predicted molar refractivity (Wildman–Crippen MR) is 61.1 cm³/mol. The third-order valence-corrected chi connectivity index (χ3v) is 2.26. The van der Waals surface area contributed by atoms with Gasteiger partial charge in [-0.15, -0.1) is 0 Å². The van der Waals surface area contributed by atoms with E-state index in [-0.39, 0.29) is 17.3 Å². The van der Waals surface area contributed by atoms with Gasteiger partial charge in [0.25, 0.3) is 0 Å². The van der Waals surface area contributed by atoms with Crippen molar-refractivity contribution in [2.24, 2.45) is 0 Å². The molecule has 1 heterocycles. The third-order valence-electron chi connectivity index (χ3n) is 2.26. The molecule has 0 atom stereocenters. The molecule has 0 spiro atoms. The number of nitrogen functional groups attached to an aromatic ring is 1. The summed E-state index contributed by atoms with van der Waals surface area (Å²) >= 11 is 0. The molecule has 0 aliphatic heterocycles. The summed E-state index contributed by atoms with van der Waals surface area (Å²) < 4.78 is 50.7. The fraction of sp³-hybridized carbons (Fsp3) is 0.0909. The Morgan fingerprint density at radius 1 is 1.11 bits per heavy atom. The van der Waals surface area contributed by atoms with Crippen molar-refractivity contribution in [3.8, 4) is 0 Å². The number of nitrogens with one attached hydrogen (secondary N) is 1. The Morgan fingerprint density at radius 2 is 1.79 bits per heavy atom. The average Bonchev–Trinajstić information content (AvgIpc) is 2.33. The van der Waals surface area contributed by atoms with E-state index >= 15 is 0 Å². The van der Waals surface area contributed by atoms with Crippen LogP contribution >= 0.6 is 0 Å². The van der Waals surface area contributed by atoms with Gasteiger partial charge >= 0.3 is 6.18 Å². The fourth-order valence-electron chi connectivity index (χ4n) is 1.40. The van der Waals surface area contributed by atoms with Crippen LogP contribution < -0.4 is 11.1 Å². The van der Waals surface area contributed by atoms with Gasteiger partial charge in [0.2, 0.25) is 0 Å². The minimum atomic E-state index is -4.77. The summed E-state index contributed by atoms with van der Waals surface area (Å²) in [6.07, 6.45) is -2.10. The van der Waals surface area contributed by atoms with Gasteiger partial charge in [-0.25, -0.2) is 14.4 Å². The van der Waals surface area contributed by atoms with Gasteiger partial charge in [0.05, 0.1) is 5.56 Å². The number of alkyl halides is 3. The zero-order valence-electron chi connectivity index (χ0n) is 9.37. The van der Waals surface area contributed by atoms with Crippen LogP contribution in [0.25, 0.3) is 0 Å². The quantitative estimate of drug-likeness (QED) is 0.825. The minimum absolute atomic E-state index is 0.0147. The lowest BCUT2D eigenvalue weighted by atomic mass is 10.2. The van der Waals surface area contributed by atoms with Crippen LogP contribution in [0.1, 0.15) is 5.56 Å². The van der Waals surface area contributed by atoms with Crippen LogP contribution in [0.4, 0.5) is 34.9 Å². The first-order valence-electron chi connectivity index (χ1n) is 5.08. The molecule has 19 heavy (non-hydrogen) atoms. The maximum Gasteiger partial charge on any atom is 0.419 e. The molecular formula is C11H8F4N4. The molecule has 2 rings (SSSR count). The second-order valence-corrected chi connectivity index (χ2v) is 3.61. The van der Waals surface area contributed by atoms with E-state index in [1.54, 1.807) is 0 Å². The highest BCUT2D eigenvalue weighted by atomic mass is 19.4. The summed E-state index contributed by atoms with van der Waals surface area (Å²) in [4.78, 5) is 7.53. The van der Waals surface area contributed by atoms with E-state index in [0.29, 0.717) is 6.07 Å². The van der Waals surface area contributed by atoms with E-state index in [1.807, 2.05) is 0 Å². The number of benzene rings is 1. The number of nitrogens with zero attached hydrogens (tertiary/aromatic N) is 2. The van der Waals surface area contributed by atoms with E-state index in [9.17, 15) is 17.6 Å². The van der Waals surface area contributed by atoms with Gasteiger partial charge in [-0.2, -0.15) is 13.2 Å². The smallest absolute Gasteiger partial charge is 0.381 e. The van der Waals surface area contributed by atoms with Crippen LogP contribution in [-0.4, -0.2) is 9.97 Å². The molecule has 0 fully saturated rings. The first-order chi connectivity index (χ1) is 8.88. The molecule has 0 radical (unpaired) electrons. The molecule has 0 amide bonds. The number of halogens is 4. The zero-order chi connectivity index (χ0) is 14.0. The maximum atomic E-state index is 13.1. The molecule has 0 bridgehead atoms. The molecule has 0 saturated heterocycles. The Morgan fingerprint density at radius 3 is 2.42 bits per heavy atom. The summed E-state index contributed by atoms with van der Waals surface area (Å²) in [5, 5.41) is 2.55. The van der Waals surface area contributed by atoms with Gasteiger partial charge < -0.3 is 11.1 Å². The summed E-state index contributed by atoms with van der Waals surface area (Å²) in [5.41, 5.74) is 4.14. The van der Waals surface area contributed by atoms with E-state index in [1.165, 1.54) is 12.4 Å². The lowest BCUT2D eigenvalue weighted by molar-refractivity contribution is -0.139. The molecule has 0 saturated carbocycles. The van der Waals surface area contributed by atoms with Crippen molar-refractivity contribution in [3.63, 3.8) is 0 Å². The highest BCUT2D eigenvalue weighted by Crippen LogP contribution is 2.33. The first-order valence-corrected chi connectivity index (χ1v) is 5.08. The van der Waals surface area contributed by atoms with Crippen molar-refractivity contribution in [2.75, 3.05) is 11.1 Å². The second-order valence-electron chi connectivity index (χ2n) is 3.61.